The van der Waals surface area contributed by atoms with Gasteiger partial charge >= 0.3 is 0 Å². The molecule has 94 valence electrons. The highest BCUT2D eigenvalue weighted by Crippen LogP contribution is 2.18. The molecule has 0 saturated carbocycles. The first-order valence-corrected chi connectivity index (χ1v) is 6.74. The van der Waals surface area contributed by atoms with E-state index in [1.165, 1.54) is 18.5 Å². The zero-order valence-corrected chi connectivity index (χ0v) is 12.0. The van der Waals surface area contributed by atoms with Crippen LogP contribution in [0, 0.1) is 5.92 Å². The van der Waals surface area contributed by atoms with E-state index < -0.39 is 0 Å². The van der Waals surface area contributed by atoms with E-state index in [1.807, 2.05) is 33.9 Å². The van der Waals surface area contributed by atoms with Crippen LogP contribution in [-0.4, -0.2) is 6.21 Å². The van der Waals surface area contributed by atoms with Gasteiger partial charge in [0.2, 0.25) is 0 Å². The Labute approximate surface area is 102 Å². The van der Waals surface area contributed by atoms with E-state index >= 15 is 0 Å². The van der Waals surface area contributed by atoms with Gasteiger partial charge in [-0.3, -0.25) is 4.99 Å². The van der Waals surface area contributed by atoms with Gasteiger partial charge in [-0.05, 0) is 18.4 Å². The van der Waals surface area contributed by atoms with E-state index in [1.54, 1.807) is 0 Å². The molecule has 0 amide bonds. The second-order valence-electron chi connectivity index (χ2n) is 3.26. The van der Waals surface area contributed by atoms with Crippen LogP contribution in [0.3, 0.4) is 0 Å². The van der Waals surface area contributed by atoms with Crippen LogP contribution in [0.4, 0.5) is 0 Å². The number of hydrogen-bond acceptors (Lipinski definition) is 1. The molecule has 1 aliphatic heterocycles. The summed E-state index contributed by atoms with van der Waals surface area (Å²) in [6, 6.07) is 0. The predicted octanol–water partition coefficient (Wildman–Crippen LogP) is 5.39. The van der Waals surface area contributed by atoms with Crippen molar-refractivity contribution < 1.29 is 0 Å². The van der Waals surface area contributed by atoms with Crippen molar-refractivity contribution in [2.75, 3.05) is 0 Å². The molecule has 1 nitrogen and oxygen atoms in total. The van der Waals surface area contributed by atoms with Crippen LogP contribution in [0.5, 0.6) is 0 Å². The van der Waals surface area contributed by atoms with Gasteiger partial charge in [0.15, 0.2) is 0 Å². The highest BCUT2D eigenvalue weighted by molar-refractivity contribution is 5.62. The SMILES string of the molecule is CC.CC.CCCC(C)C1=CC=CCC=N1. The molecule has 1 heteroatoms. The van der Waals surface area contributed by atoms with E-state index in [4.69, 9.17) is 0 Å². The van der Waals surface area contributed by atoms with Crippen molar-refractivity contribution in [3.8, 4) is 0 Å². The third-order valence-corrected chi connectivity index (χ3v) is 2.11. The lowest BCUT2D eigenvalue weighted by Crippen LogP contribution is -1.96. The van der Waals surface area contributed by atoms with Gasteiger partial charge in [0.1, 0.15) is 0 Å². The fourth-order valence-electron chi connectivity index (χ4n) is 1.38. The van der Waals surface area contributed by atoms with E-state index in [2.05, 4.69) is 37.1 Å². The first-order chi connectivity index (χ1) is 7.84. The molecule has 0 saturated heterocycles. The second kappa shape index (κ2) is 14.2. The van der Waals surface area contributed by atoms with Crippen LogP contribution < -0.4 is 0 Å². The van der Waals surface area contributed by atoms with Gasteiger partial charge in [0.05, 0.1) is 0 Å². The van der Waals surface area contributed by atoms with Crippen molar-refractivity contribution in [2.45, 2.75) is 60.8 Å². The monoisotopic (exact) mass is 223 g/mol. The third kappa shape index (κ3) is 8.46. The molecule has 1 rings (SSSR count). The lowest BCUT2D eigenvalue weighted by molar-refractivity contribution is 0.597. The van der Waals surface area contributed by atoms with Gasteiger partial charge in [-0.1, -0.05) is 60.1 Å². The molecule has 0 fully saturated rings. The van der Waals surface area contributed by atoms with Crippen LogP contribution in [0.25, 0.3) is 0 Å². The van der Waals surface area contributed by atoms with Crippen LogP contribution in [-0.2, 0) is 0 Å². The maximum atomic E-state index is 4.42. The summed E-state index contributed by atoms with van der Waals surface area (Å²) < 4.78 is 0. The number of allylic oxidation sites excluding steroid dienone is 4. The molecule has 1 atom stereocenters. The lowest BCUT2D eigenvalue weighted by atomic mass is 10.0. The summed E-state index contributed by atoms with van der Waals surface area (Å²) in [6.07, 6.45) is 11.8. The summed E-state index contributed by atoms with van der Waals surface area (Å²) in [7, 11) is 0. The Morgan fingerprint density at radius 3 is 2.44 bits per heavy atom. The Morgan fingerprint density at radius 2 is 1.88 bits per heavy atom. The molecule has 0 bridgehead atoms. The molecule has 0 aromatic rings. The molecule has 0 aliphatic carbocycles. The van der Waals surface area contributed by atoms with Crippen LogP contribution in [0.2, 0.25) is 0 Å². The maximum absolute atomic E-state index is 4.42. The first kappa shape index (κ1) is 17.5. The van der Waals surface area contributed by atoms with E-state index in [9.17, 15) is 0 Å². The zero-order valence-electron chi connectivity index (χ0n) is 12.0. The average molecular weight is 223 g/mol. The standard InChI is InChI=1S/C11H17N.2C2H6/c1-3-7-10(2)11-8-5-4-6-9-12-11;2*1-2/h4-5,8-10H,3,6-7H2,1-2H3;2*1-2H3. The average Bonchev–Trinajstić information content (AvgIpc) is 2.63. The highest BCUT2D eigenvalue weighted by atomic mass is 14.7. The quantitative estimate of drug-likeness (QED) is 0.608. The minimum Gasteiger partial charge on any atom is -0.265 e. The molecule has 0 aromatic carbocycles. The molecule has 1 aliphatic rings. The molecular formula is C15H29N. The molecule has 0 N–H and O–H groups in total. The molecule has 1 heterocycles. The summed E-state index contributed by atoms with van der Waals surface area (Å²) >= 11 is 0. The van der Waals surface area contributed by atoms with Gasteiger partial charge in [-0.25, -0.2) is 0 Å². The van der Waals surface area contributed by atoms with Gasteiger partial charge < -0.3 is 0 Å². The Bertz CT molecular complexity index is 211. The van der Waals surface area contributed by atoms with Crippen molar-refractivity contribution >= 4 is 6.21 Å². The first-order valence-electron chi connectivity index (χ1n) is 6.74. The summed E-state index contributed by atoms with van der Waals surface area (Å²) in [6.45, 7) is 12.5. The normalized spacial score (nSPS) is 14.8. The smallest absolute Gasteiger partial charge is 0.0427 e. The zero-order chi connectivity index (χ0) is 12.8. The number of aliphatic imine (C=N–C) groups is 1. The molecule has 1 unspecified atom stereocenters. The summed E-state index contributed by atoms with van der Waals surface area (Å²) in [5.41, 5.74) is 1.23. The van der Waals surface area contributed by atoms with Crippen LogP contribution >= 0.6 is 0 Å². The minimum absolute atomic E-state index is 0.606. The Morgan fingerprint density at radius 1 is 1.25 bits per heavy atom. The van der Waals surface area contributed by atoms with Crippen molar-refractivity contribution in [1.29, 1.82) is 0 Å². The summed E-state index contributed by atoms with van der Waals surface area (Å²) in [4.78, 5) is 4.42. The third-order valence-electron chi connectivity index (χ3n) is 2.11. The summed E-state index contributed by atoms with van der Waals surface area (Å²) in [5.74, 6) is 0.606. The minimum atomic E-state index is 0.606. The number of rotatable bonds is 3. The van der Waals surface area contributed by atoms with Crippen molar-refractivity contribution in [2.24, 2.45) is 10.9 Å². The highest BCUT2D eigenvalue weighted by Gasteiger charge is 2.05. The predicted molar refractivity (Wildman–Crippen MR) is 77.1 cm³/mol. The van der Waals surface area contributed by atoms with Crippen LogP contribution in [0.1, 0.15) is 60.8 Å². The van der Waals surface area contributed by atoms with Gasteiger partial charge in [-0.2, -0.15) is 0 Å². The van der Waals surface area contributed by atoms with Crippen molar-refractivity contribution in [3.05, 3.63) is 23.9 Å². The maximum Gasteiger partial charge on any atom is 0.0427 e. The topological polar surface area (TPSA) is 12.4 Å². The molecule has 16 heavy (non-hydrogen) atoms. The molecule has 0 spiro atoms. The van der Waals surface area contributed by atoms with E-state index in [-0.39, 0.29) is 0 Å². The van der Waals surface area contributed by atoms with E-state index in [0.29, 0.717) is 5.92 Å². The van der Waals surface area contributed by atoms with Gasteiger partial charge in [0.25, 0.3) is 0 Å². The Balaban J connectivity index is 0. The number of hydrogen-bond donors (Lipinski definition) is 0. The molecule has 0 radical (unpaired) electrons. The number of nitrogens with zero attached hydrogens (tertiary/aromatic N) is 1. The fraction of sp³-hybridized carbons (Fsp3) is 0.667. The lowest BCUT2D eigenvalue weighted by Gasteiger charge is -2.09. The summed E-state index contributed by atoms with van der Waals surface area (Å²) in [5, 5.41) is 0. The fourth-order valence-corrected chi connectivity index (χ4v) is 1.38. The van der Waals surface area contributed by atoms with Crippen molar-refractivity contribution in [3.63, 3.8) is 0 Å². The molecular weight excluding hydrogens is 194 g/mol. The Kier molecular flexibility index (Phi) is 15.5. The van der Waals surface area contributed by atoms with Gasteiger partial charge in [0, 0.05) is 18.3 Å². The van der Waals surface area contributed by atoms with E-state index in [0.717, 1.165) is 6.42 Å². The van der Waals surface area contributed by atoms with Crippen molar-refractivity contribution in [1.82, 2.24) is 0 Å². The van der Waals surface area contributed by atoms with Gasteiger partial charge in [-0.15, -0.1) is 0 Å². The molecule has 0 aromatic heterocycles. The van der Waals surface area contributed by atoms with Crippen LogP contribution in [0.15, 0.2) is 28.9 Å². The second-order valence-corrected chi connectivity index (χ2v) is 3.26. The Hall–Kier alpha value is -0.850. The largest absolute Gasteiger partial charge is 0.265 e.